The van der Waals surface area contributed by atoms with Crippen LogP contribution in [0.5, 0.6) is 0 Å². The lowest BCUT2D eigenvalue weighted by atomic mass is 10.0. The van der Waals surface area contributed by atoms with Crippen molar-refractivity contribution in [3.05, 3.63) is 45.8 Å². The normalized spacial score (nSPS) is 12.9. The number of carbonyl (C=O) groups is 3. The Bertz CT molecular complexity index is 924. The molecule has 9 heteroatoms. The van der Waals surface area contributed by atoms with Crippen molar-refractivity contribution in [1.82, 2.24) is 4.90 Å². The molecular weight excluding hydrogens is 412 g/mol. The van der Waals surface area contributed by atoms with Crippen molar-refractivity contribution in [3.8, 4) is 0 Å². The number of hydrogen-bond donors (Lipinski definition) is 1. The number of carbonyl (C=O) groups excluding carboxylic acids is 3. The van der Waals surface area contributed by atoms with Crippen molar-refractivity contribution < 1.29 is 23.9 Å². The molecule has 1 N–H and O–H groups in total. The van der Waals surface area contributed by atoms with Crippen LogP contribution in [0.2, 0.25) is 0 Å². The molecule has 2 aromatic rings. The van der Waals surface area contributed by atoms with Gasteiger partial charge in [0.1, 0.15) is 5.00 Å². The van der Waals surface area contributed by atoms with Crippen LogP contribution in [0, 0.1) is 0 Å². The molecule has 0 saturated carbocycles. The Labute approximate surface area is 177 Å². The van der Waals surface area contributed by atoms with Crippen LogP contribution >= 0.6 is 23.1 Å². The number of thiophene rings is 1. The zero-order chi connectivity index (χ0) is 21.0. The fraction of sp³-hybridized carbons (Fsp3) is 0.350. The van der Waals surface area contributed by atoms with Gasteiger partial charge in [0.2, 0.25) is 0 Å². The summed E-state index contributed by atoms with van der Waals surface area (Å²) in [6.45, 7) is 2.83. The van der Waals surface area contributed by atoms with Gasteiger partial charge in [0.05, 0.1) is 25.8 Å². The van der Waals surface area contributed by atoms with E-state index in [1.54, 1.807) is 35.7 Å². The summed E-state index contributed by atoms with van der Waals surface area (Å²) in [5.74, 6) is -0.802. The van der Waals surface area contributed by atoms with E-state index in [0.717, 1.165) is 15.3 Å². The highest BCUT2D eigenvalue weighted by molar-refractivity contribution is 7.98. The SMILES string of the molecule is CCOC(=O)N1CCc2c(sc(NC(=O)c3ccc(SC)cc3)c2C(=O)OC)C1. The molecule has 1 aromatic heterocycles. The van der Waals surface area contributed by atoms with Crippen LogP contribution < -0.4 is 5.32 Å². The first-order valence-electron chi connectivity index (χ1n) is 9.08. The number of thioether (sulfide) groups is 1. The molecule has 0 aliphatic carbocycles. The van der Waals surface area contributed by atoms with Crippen molar-refractivity contribution in [2.45, 2.75) is 24.8 Å². The second-order valence-electron chi connectivity index (χ2n) is 6.25. The van der Waals surface area contributed by atoms with Gasteiger partial charge in [-0.2, -0.15) is 0 Å². The number of amides is 2. The van der Waals surface area contributed by atoms with Crippen LogP contribution in [-0.4, -0.2) is 49.4 Å². The first kappa shape index (κ1) is 21.2. The Morgan fingerprint density at radius 2 is 1.97 bits per heavy atom. The molecule has 3 rings (SSSR count). The summed E-state index contributed by atoms with van der Waals surface area (Å²) < 4.78 is 10.0. The van der Waals surface area contributed by atoms with Crippen molar-refractivity contribution in [2.24, 2.45) is 0 Å². The maximum atomic E-state index is 12.7. The molecule has 0 spiro atoms. The molecule has 0 unspecified atom stereocenters. The molecule has 7 nitrogen and oxygen atoms in total. The number of benzene rings is 1. The Morgan fingerprint density at radius 1 is 1.24 bits per heavy atom. The highest BCUT2D eigenvalue weighted by atomic mass is 32.2. The van der Waals surface area contributed by atoms with Gasteiger partial charge in [-0.05, 0) is 49.4 Å². The summed E-state index contributed by atoms with van der Waals surface area (Å²) in [7, 11) is 1.31. The number of rotatable bonds is 5. The number of ether oxygens (including phenoxy) is 2. The average molecular weight is 435 g/mol. The molecule has 29 heavy (non-hydrogen) atoms. The number of hydrogen-bond acceptors (Lipinski definition) is 7. The van der Waals surface area contributed by atoms with Crippen LogP contribution in [0.15, 0.2) is 29.2 Å². The minimum atomic E-state index is -0.500. The van der Waals surface area contributed by atoms with Gasteiger partial charge >= 0.3 is 12.1 Å². The van der Waals surface area contributed by atoms with Crippen molar-refractivity contribution >= 4 is 46.1 Å². The van der Waals surface area contributed by atoms with Crippen LogP contribution in [0.3, 0.4) is 0 Å². The predicted octanol–water partition coefficient (Wildman–Crippen LogP) is 4.02. The molecule has 2 heterocycles. The monoisotopic (exact) mass is 434 g/mol. The summed E-state index contributed by atoms with van der Waals surface area (Å²) in [5.41, 5.74) is 1.68. The minimum absolute atomic E-state index is 0.302. The highest BCUT2D eigenvalue weighted by Gasteiger charge is 2.31. The number of anilines is 1. The largest absolute Gasteiger partial charge is 0.465 e. The predicted molar refractivity (Wildman–Crippen MR) is 113 cm³/mol. The van der Waals surface area contributed by atoms with E-state index in [1.165, 1.54) is 18.4 Å². The zero-order valence-corrected chi connectivity index (χ0v) is 18.1. The third-order valence-corrected chi connectivity index (χ3v) is 6.43. The Kier molecular flexibility index (Phi) is 6.81. The molecule has 2 amide bonds. The maximum Gasteiger partial charge on any atom is 0.410 e. The first-order valence-corrected chi connectivity index (χ1v) is 11.1. The quantitative estimate of drug-likeness (QED) is 0.565. The fourth-order valence-corrected chi connectivity index (χ4v) is 4.75. The molecule has 1 aliphatic rings. The first-order chi connectivity index (χ1) is 14.0. The van der Waals surface area contributed by atoms with E-state index in [4.69, 9.17) is 9.47 Å². The van der Waals surface area contributed by atoms with Gasteiger partial charge in [-0.1, -0.05) is 0 Å². The number of nitrogens with zero attached hydrogens (tertiary/aromatic N) is 1. The van der Waals surface area contributed by atoms with E-state index in [1.807, 2.05) is 18.4 Å². The number of methoxy groups -OCH3 is 1. The highest BCUT2D eigenvalue weighted by Crippen LogP contribution is 2.38. The van der Waals surface area contributed by atoms with E-state index < -0.39 is 5.97 Å². The summed E-state index contributed by atoms with van der Waals surface area (Å²) in [4.78, 5) is 40.7. The number of fused-ring (bicyclic) bond motifs is 1. The second kappa shape index (κ2) is 9.32. The Morgan fingerprint density at radius 3 is 2.59 bits per heavy atom. The van der Waals surface area contributed by atoms with Gasteiger partial charge in [0.25, 0.3) is 5.91 Å². The van der Waals surface area contributed by atoms with Crippen molar-refractivity contribution in [2.75, 3.05) is 31.8 Å². The van der Waals surface area contributed by atoms with Crippen LogP contribution in [0.25, 0.3) is 0 Å². The molecule has 0 bridgehead atoms. The standard InChI is InChI=1S/C20H22N2O5S2/c1-4-27-20(25)22-10-9-14-15(11-22)29-18(16(14)19(24)26-2)21-17(23)12-5-7-13(28-3)8-6-12/h5-8H,4,9-11H2,1-3H3,(H,21,23). The summed E-state index contributed by atoms with van der Waals surface area (Å²) in [5, 5.41) is 3.28. The Hall–Kier alpha value is -2.52. The fourth-order valence-electron chi connectivity index (χ4n) is 3.10. The van der Waals surface area contributed by atoms with Crippen LogP contribution in [0.4, 0.5) is 9.80 Å². The smallest absolute Gasteiger partial charge is 0.410 e. The van der Waals surface area contributed by atoms with Crippen molar-refractivity contribution in [1.29, 1.82) is 0 Å². The van der Waals surface area contributed by atoms with Gasteiger partial charge in [0, 0.05) is 21.9 Å². The van der Waals surface area contributed by atoms with E-state index >= 15 is 0 Å². The number of esters is 1. The second-order valence-corrected chi connectivity index (χ2v) is 8.24. The van der Waals surface area contributed by atoms with E-state index in [2.05, 4.69) is 5.32 Å². The summed E-state index contributed by atoms with van der Waals surface area (Å²) >= 11 is 2.88. The van der Waals surface area contributed by atoms with Gasteiger partial charge in [0.15, 0.2) is 0 Å². The van der Waals surface area contributed by atoms with E-state index in [0.29, 0.717) is 42.2 Å². The maximum absolute atomic E-state index is 12.7. The number of nitrogens with one attached hydrogen (secondary N) is 1. The van der Waals surface area contributed by atoms with E-state index in [-0.39, 0.29) is 12.0 Å². The van der Waals surface area contributed by atoms with E-state index in [9.17, 15) is 14.4 Å². The van der Waals surface area contributed by atoms with Gasteiger partial charge in [-0.3, -0.25) is 4.79 Å². The van der Waals surface area contributed by atoms with Crippen LogP contribution in [-0.2, 0) is 22.4 Å². The van der Waals surface area contributed by atoms with Crippen molar-refractivity contribution in [3.63, 3.8) is 0 Å². The zero-order valence-electron chi connectivity index (χ0n) is 16.4. The average Bonchev–Trinajstić information content (AvgIpc) is 3.10. The van der Waals surface area contributed by atoms with Gasteiger partial charge in [-0.15, -0.1) is 23.1 Å². The lowest BCUT2D eigenvalue weighted by Crippen LogP contribution is -2.36. The molecule has 1 aliphatic heterocycles. The molecule has 0 fully saturated rings. The molecule has 0 saturated heterocycles. The summed E-state index contributed by atoms with van der Waals surface area (Å²) in [6.07, 6.45) is 2.08. The molecule has 0 radical (unpaired) electrons. The lowest BCUT2D eigenvalue weighted by Gasteiger charge is -2.26. The topological polar surface area (TPSA) is 84.9 Å². The third kappa shape index (κ3) is 4.56. The Balaban J connectivity index is 1.87. The minimum Gasteiger partial charge on any atom is -0.465 e. The molecule has 154 valence electrons. The van der Waals surface area contributed by atoms with Gasteiger partial charge in [-0.25, -0.2) is 9.59 Å². The molecular formula is C20H22N2O5S2. The lowest BCUT2D eigenvalue weighted by molar-refractivity contribution is 0.0600. The third-order valence-electron chi connectivity index (χ3n) is 4.55. The summed E-state index contributed by atoms with van der Waals surface area (Å²) in [6, 6.07) is 7.24. The molecule has 0 atom stereocenters. The van der Waals surface area contributed by atoms with Crippen LogP contribution in [0.1, 0.15) is 38.1 Å². The molecule has 1 aromatic carbocycles. The van der Waals surface area contributed by atoms with Gasteiger partial charge < -0.3 is 19.7 Å².